The van der Waals surface area contributed by atoms with Gasteiger partial charge in [0.15, 0.2) is 0 Å². The van der Waals surface area contributed by atoms with Crippen molar-refractivity contribution in [3.8, 4) is 5.69 Å². The van der Waals surface area contributed by atoms with Gasteiger partial charge in [0.05, 0.1) is 16.8 Å². The molecule has 3 aromatic rings. The Bertz CT molecular complexity index is 1060. The first kappa shape index (κ1) is 17.4. The summed E-state index contributed by atoms with van der Waals surface area (Å²) in [6, 6.07) is 17.3. The first-order chi connectivity index (χ1) is 12.4. The summed E-state index contributed by atoms with van der Waals surface area (Å²) in [5.74, 6) is -0.660. The maximum absolute atomic E-state index is 12.4. The van der Waals surface area contributed by atoms with E-state index in [1.54, 1.807) is 36.4 Å². The van der Waals surface area contributed by atoms with Crippen LogP contribution in [0.4, 0.5) is 5.69 Å². The van der Waals surface area contributed by atoms with Gasteiger partial charge in [0, 0.05) is 6.20 Å². The van der Waals surface area contributed by atoms with Gasteiger partial charge in [-0.1, -0.05) is 42.5 Å². The van der Waals surface area contributed by atoms with Gasteiger partial charge in [-0.2, -0.15) is 5.10 Å². The summed E-state index contributed by atoms with van der Waals surface area (Å²) in [5.41, 5.74) is 6.85. The van der Waals surface area contributed by atoms with E-state index in [9.17, 15) is 13.2 Å². The van der Waals surface area contributed by atoms with Crippen LogP contribution in [0.15, 0.2) is 72.3 Å². The third-order valence-corrected chi connectivity index (χ3v) is 4.48. The third kappa shape index (κ3) is 4.17. The number of anilines is 1. The fourth-order valence-electron chi connectivity index (χ4n) is 2.27. The van der Waals surface area contributed by atoms with Gasteiger partial charge in [0.2, 0.25) is 0 Å². The Hall–Kier alpha value is -3.39. The molecule has 1 aromatic heterocycles. The molecule has 0 aliphatic carbocycles. The Morgan fingerprint density at radius 2 is 1.73 bits per heavy atom. The molecule has 0 aliphatic rings. The summed E-state index contributed by atoms with van der Waals surface area (Å²) in [4.78, 5) is 11.2. The van der Waals surface area contributed by atoms with Gasteiger partial charge in [0.25, 0.3) is 15.9 Å². The quantitative estimate of drug-likeness (QED) is 0.696. The van der Waals surface area contributed by atoms with Gasteiger partial charge in [-0.3, -0.25) is 9.52 Å². The third-order valence-electron chi connectivity index (χ3n) is 3.48. The summed E-state index contributed by atoms with van der Waals surface area (Å²) in [6.07, 6.45) is 3.04. The summed E-state index contributed by atoms with van der Waals surface area (Å²) >= 11 is 0. The molecule has 1 heterocycles. The molecule has 1 amide bonds. The van der Waals surface area contributed by atoms with Gasteiger partial charge < -0.3 is 5.73 Å². The number of benzene rings is 2. The van der Waals surface area contributed by atoms with E-state index in [1.165, 1.54) is 23.0 Å². The second kappa shape index (κ2) is 7.24. The lowest BCUT2D eigenvalue weighted by atomic mass is 10.2. The maximum Gasteiger partial charge on any atom is 0.269 e. The molecule has 0 radical (unpaired) electrons. The van der Waals surface area contributed by atoms with Crippen molar-refractivity contribution in [1.29, 1.82) is 0 Å². The highest BCUT2D eigenvalue weighted by atomic mass is 32.2. The largest absolute Gasteiger partial charge is 0.364 e. The molecule has 3 rings (SSSR count). The van der Waals surface area contributed by atoms with Crippen LogP contribution >= 0.6 is 0 Å². The van der Waals surface area contributed by atoms with E-state index in [4.69, 9.17) is 5.73 Å². The van der Waals surface area contributed by atoms with Crippen LogP contribution in [0.3, 0.4) is 0 Å². The zero-order valence-corrected chi connectivity index (χ0v) is 14.4. The number of hydrogen-bond acceptors (Lipinski definition) is 4. The molecule has 0 fully saturated rings. The maximum atomic E-state index is 12.4. The Kier molecular flexibility index (Phi) is 4.85. The number of para-hydroxylation sites is 2. The molecule has 0 saturated carbocycles. The topological polar surface area (TPSA) is 107 Å². The number of primary amides is 1. The second-order valence-corrected chi connectivity index (χ2v) is 6.95. The lowest BCUT2D eigenvalue weighted by Crippen LogP contribution is -2.14. The minimum absolute atomic E-state index is 0.0895. The van der Waals surface area contributed by atoms with Gasteiger partial charge in [-0.25, -0.2) is 13.1 Å². The van der Waals surface area contributed by atoms with Gasteiger partial charge in [0.1, 0.15) is 5.69 Å². The average molecular weight is 368 g/mol. The molecular formula is C18H16N4O3S. The number of hydrogen-bond donors (Lipinski definition) is 2. The standard InChI is InChI=1S/C18H16N4O3S/c19-18(23)16-10-12-22(20-16)17-9-5-4-8-15(17)21-26(24,25)13-11-14-6-2-1-3-7-14/h1-13,21H,(H2,19,23). The van der Waals surface area contributed by atoms with Crippen LogP contribution in [-0.4, -0.2) is 24.1 Å². The molecule has 132 valence electrons. The minimum Gasteiger partial charge on any atom is -0.364 e. The second-order valence-electron chi connectivity index (χ2n) is 5.39. The SMILES string of the molecule is NC(=O)c1ccn(-c2ccccc2NS(=O)(=O)C=Cc2ccccc2)n1. The summed E-state index contributed by atoms with van der Waals surface area (Å²) < 4.78 is 28.6. The van der Waals surface area contributed by atoms with Gasteiger partial charge in [-0.15, -0.1) is 0 Å². The Morgan fingerprint density at radius 3 is 2.42 bits per heavy atom. The zero-order chi connectivity index (χ0) is 18.6. The predicted octanol–water partition coefficient (Wildman–Crippen LogP) is 2.38. The van der Waals surface area contributed by atoms with Crippen LogP contribution in [0.2, 0.25) is 0 Å². The molecule has 8 heteroatoms. The molecule has 0 atom stereocenters. The van der Waals surface area contributed by atoms with Crippen molar-refractivity contribution in [2.75, 3.05) is 4.72 Å². The van der Waals surface area contributed by atoms with Crippen LogP contribution in [0.25, 0.3) is 11.8 Å². The number of carbonyl (C=O) groups excluding carboxylic acids is 1. The number of carbonyl (C=O) groups is 1. The zero-order valence-electron chi connectivity index (χ0n) is 13.6. The number of rotatable bonds is 6. The minimum atomic E-state index is -3.74. The number of nitrogens with two attached hydrogens (primary N) is 1. The van der Waals surface area contributed by atoms with Crippen molar-refractivity contribution in [2.24, 2.45) is 5.73 Å². The molecule has 0 unspecified atom stereocenters. The highest BCUT2D eigenvalue weighted by Gasteiger charge is 2.13. The number of sulfonamides is 1. The first-order valence-electron chi connectivity index (χ1n) is 7.65. The van der Waals surface area contributed by atoms with E-state index in [1.807, 2.05) is 18.2 Å². The van der Waals surface area contributed by atoms with Crippen LogP contribution in [0, 0.1) is 0 Å². The van der Waals surface area contributed by atoms with Gasteiger partial charge in [-0.05, 0) is 29.8 Å². The lowest BCUT2D eigenvalue weighted by molar-refractivity contribution is 0.0995. The molecule has 0 saturated heterocycles. The molecule has 0 spiro atoms. The van der Waals surface area contributed by atoms with E-state index in [0.717, 1.165) is 11.0 Å². The number of nitrogens with one attached hydrogen (secondary N) is 1. The molecule has 7 nitrogen and oxygen atoms in total. The fraction of sp³-hybridized carbons (Fsp3) is 0. The van der Waals surface area contributed by atoms with E-state index < -0.39 is 15.9 Å². The highest BCUT2D eigenvalue weighted by Crippen LogP contribution is 2.21. The van der Waals surface area contributed by atoms with Gasteiger partial charge >= 0.3 is 0 Å². The van der Waals surface area contributed by atoms with Crippen LogP contribution in [0.1, 0.15) is 16.1 Å². The number of nitrogens with zero attached hydrogens (tertiary/aromatic N) is 2. The number of aromatic nitrogens is 2. The monoisotopic (exact) mass is 368 g/mol. The van der Waals surface area contributed by atoms with Crippen LogP contribution in [0.5, 0.6) is 0 Å². The Balaban J connectivity index is 1.88. The average Bonchev–Trinajstić information content (AvgIpc) is 3.11. The van der Waals surface area contributed by atoms with Crippen molar-refractivity contribution in [3.05, 3.63) is 83.5 Å². The smallest absolute Gasteiger partial charge is 0.269 e. The molecule has 3 N–H and O–H groups in total. The van der Waals surface area contributed by atoms with Crippen LogP contribution in [-0.2, 0) is 10.0 Å². The molecule has 0 aliphatic heterocycles. The summed E-state index contributed by atoms with van der Waals surface area (Å²) in [6.45, 7) is 0. The number of amides is 1. The summed E-state index contributed by atoms with van der Waals surface area (Å²) in [7, 11) is -3.74. The fourth-order valence-corrected chi connectivity index (χ4v) is 3.15. The highest BCUT2D eigenvalue weighted by molar-refractivity contribution is 7.95. The summed E-state index contributed by atoms with van der Waals surface area (Å²) in [5, 5.41) is 5.15. The van der Waals surface area contributed by atoms with Crippen molar-refractivity contribution in [3.63, 3.8) is 0 Å². The normalized spacial score (nSPS) is 11.5. The van der Waals surface area contributed by atoms with Crippen molar-refractivity contribution in [2.45, 2.75) is 0 Å². The van der Waals surface area contributed by atoms with E-state index >= 15 is 0 Å². The predicted molar refractivity (Wildman–Crippen MR) is 100 cm³/mol. The van der Waals surface area contributed by atoms with Crippen molar-refractivity contribution in [1.82, 2.24) is 9.78 Å². The molecular weight excluding hydrogens is 352 g/mol. The molecule has 26 heavy (non-hydrogen) atoms. The van der Waals surface area contributed by atoms with Crippen molar-refractivity contribution >= 4 is 27.7 Å². The lowest BCUT2D eigenvalue weighted by Gasteiger charge is -2.10. The van der Waals surface area contributed by atoms with E-state index in [2.05, 4.69) is 9.82 Å². The van der Waals surface area contributed by atoms with Crippen LogP contribution < -0.4 is 10.5 Å². The van der Waals surface area contributed by atoms with Crippen molar-refractivity contribution < 1.29 is 13.2 Å². The molecule has 2 aromatic carbocycles. The molecule has 0 bridgehead atoms. The van der Waals surface area contributed by atoms with E-state index in [-0.39, 0.29) is 5.69 Å². The Morgan fingerprint density at radius 1 is 1.04 bits per heavy atom. The first-order valence-corrected chi connectivity index (χ1v) is 9.20. The van der Waals surface area contributed by atoms with E-state index in [0.29, 0.717) is 11.4 Å². The Labute approximate surface area is 150 Å².